The smallest absolute Gasteiger partial charge is 0.339 e. The van der Waals surface area contributed by atoms with Gasteiger partial charge in [-0.15, -0.1) is 15.3 Å². The number of hydrazone groups is 1. The van der Waals surface area contributed by atoms with Gasteiger partial charge in [-0.2, -0.15) is 18.6 Å². The summed E-state index contributed by atoms with van der Waals surface area (Å²) >= 11 is 1.53. The Labute approximate surface area is 301 Å². The molecule has 7 N–H and O–H groups in total. The van der Waals surface area contributed by atoms with Crippen molar-refractivity contribution in [1.29, 1.82) is 0 Å². The molecule has 6 rings (SSSR count). The summed E-state index contributed by atoms with van der Waals surface area (Å²) in [6, 6.07) is 25.8. The summed E-state index contributed by atoms with van der Waals surface area (Å²) in [6.07, 6.45) is 3.82. The third-order valence-electron chi connectivity index (χ3n) is 7.67. The lowest BCUT2D eigenvalue weighted by atomic mass is 10.0. The van der Waals surface area contributed by atoms with Gasteiger partial charge in [-0.25, -0.2) is 4.79 Å². The zero-order chi connectivity index (χ0) is 37.0. The lowest BCUT2D eigenvalue weighted by molar-refractivity contribution is -0.134. The van der Waals surface area contributed by atoms with E-state index in [0.717, 1.165) is 9.79 Å². The Morgan fingerprint density at radius 1 is 0.788 bits per heavy atom. The molecule has 0 spiro atoms. The molecule has 5 aromatic rings. The van der Waals surface area contributed by atoms with Crippen molar-refractivity contribution in [3.8, 4) is 0 Å². The van der Waals surface area contributed by atoms with E-state index >= 15 is 0 Å². The number of nitrogens with one attached hydrogen (secondary N) is 1. The quantitative estimate of drug-likeness (QED) is 0.0229. The molecule has 0 aromatic heterocycles. The van der Waals surface area contributed by atoms with E-state index in [1.807, 2.05) is 48.5 Å². The van der Waals surface area contributed by atoms with E-state index in [1.54, 1.807) is 37.3 Å². The molecule has 0 amide bonds. The predicted octanol–water partition coefficient (Wildman–Crippen LogP) is 8.46. The van der Waals surface area contributed by atoms with E-state index in [9.17, 15) is 22.6 Å². The fourth-order valence-electron chi connectivity index (χ4n) is 4.99. The van der Waals surface area contributed by atoms with Crippen molar-refractivity contribution in [2.24, 2.45) is 25.6 Å². The van der Waals surface area contributed by atoms with E-state index in [1.165, 1.54) is 42.1 Å². The number of nitrogens with two attached hydrogens (primary N) is 2. The van der Waals surface area contributed by atoms with Crippen molar-refractivity contribution in [2.75, 3.05) is 16.9 Å². The van der Waals surface area contributed by atoms with Crippen molar-refractivity contribution in [3.05, 3.63) is 120 Å². The van der Waals surface area contributed by atoms with Crippen LogP contribution in [0.15, 0.2) is 155 Å². The number of anilines is 3. The Hall–Kier alpha value is -6.49. The highest BCUT2D eigenvalue weighted by Gasteiger charge is 2.19. The first-order valence-corrected chi connectivity index (χ1v) is 17.5. The monoisotopic (exact) mass is 732 g/mol. The minimum atomic E-state index is -4.46. The molecule has 5 aromatic carbocycles. The van der Waals surface area contributed by atoms with Gasteiger partial charge in [-0.3, -0.25) is 14.8 Å². The lowest BCUT2D eigenvalue weighted by Gasteiger charge is -2.10. The van der Waals surface area contributed by atoms with Crippen LogP contribution in [0.4, 0.5) is 39.8 Å². The fraction of sp³-hybridized carbons (Fsp3) is 0.0278. The molecule has 0 atom stereocenters. The number of carbonyl (C=O) groups excluding carboxylic acids is 1. The summed E-state index contributed by atoms with van der Waals surface area (Å²) in [4.78, 5) is 24.5. The van der Waals surface area contributed by atoms with Crippen LogP contribution in [0.25, 0.3) is 10.8 Å². The molecular formula is C36H28N8O6S2. The van der Waals surface area contributed by atoms with Crippen molar-refractivity contribution < 1.29 is 27.7 Å². The lowest BCUT2D eigenvalue weighted by Crippen LogP contribution is -2.15. The summed E-state index contributed by atoms with van der Waals surface area (Å²) in [7, 11) is -4.46. The third-order valence-corrected chi connectivity index (χ3v) is 9.60. The van der Waals surface area contributed by atoms with Crippen LogP contribution in [0.5, 0.6) is 0 Å². The van der Waals surface area contributed by atoms with Gasteiger partial charge in [0.05, 0.1) is 34.1 Å². The molecule has 16 heteroatoms. The van der Waals surface area contributed by atoms with Gasteiger partial charge in [-0.05, 0) is 97.4 Å². The van der Waals surface area contributed by atoms with E-state index in [-0.39, 0.29) is 27.2 Å². The maximum Gasteiger partial charge on any atom is 0.339 e. The first kappa shape index (κ1) is 35.3. The number of carbonyl (C=O) groups is 2. The Kier molecular flexibility index (Phi) is 10.0. The van der Waals surface area contributed by atoms with Gasteiger partial charge in [0.1, 0.15) is 21.8 Å². The van der Waals surface area contributed by atoms with Gasteiger partial charge in [0, 0.05) is 20.6 Å². The Bertz CT molecular complexity index is 2510. The van der Waals surface area contributed by atoms with Crippen LogP contribution in [0, 0.1) is 6.92 Å². The third kappa shape index (κ3) is 7.94. The van der Waals surface area contributed by atoms with Gasteiger partial charge in [0.2, 0.25) is 0 Å². The highest BCUT2D eigenvalue weighted by molar-refractivity contribution is 7.99. The summed E-state index contributed by atoms with van der Waals surface area (Å²) in [5.41, 5.74) is 18.7. The van der Waals surface area contributed by atoms with Crippen LogP contribution in [-0.4, -0.2) is 35.5 Å². The van der Waals surface area contributed by atoms with Crippen LogP contribution in [0.1, 0.15) is 5.56 Å². The Balaban J connectivity index is 1.14. The first-order chi connectivity index (χ1) is 24.9. The molecule has 52 heavy (non-hydrogen) atoms. The van der Waals surface area contributed by atoms with E-state index < -0.39 is 21.9 Å². The molecule has 0 radical (unpaired) electrons. The number of rotatable bonds is 10. The van der Waals surface area contributed by atoms with Gasteiger partial charge >= 0.3 is 5.97 Å². The topological polar surface area (TPSA) is 235 Å². The number of carboxylic acids is 1. The average Bonchev–Trinajstić information content (AvgIpc) is 3.12. The van der Waals surface area contributed by atoms with Gasteiger partial charge < -0.3 is 16.6 Å². The number of azo groups is 2. The zero-order valence-corrected chi connectivity index (χ0v) is 28.8. The predicted molar refractivity (Wildman–Crippen MR) is 200 cm³/mol. The maximum atomic E-state index is 11.9. The molecule has 0 saturated carbocycles. The van der Waals surface area contributed by atoms with Crippen LogP contribution in [-0.2, 0) is 19.7 Å². The zero-order valence-electron chi connectivity index (χ0n) is 27.1. The largest absolute Gasteiger partial charge is 0.478 e. The fourth-order valence-corrected chi connectivity index (χ4v) is 6.50. The summed E-state index contributed by atoms with van der Waals surface area (Å²) in [5, 5.41) is 31.3. The van der Waals surface area contributed by atoms with Crippen LogP contribution in [0.3, 0.4) is 0 Å². The molecule has 0 heterocycles. The van der Waals surface area contributed by atoms with Crippen LogP contribution >= 0.6 is 11.8 Å². The molecular weight excluding hydrogens is 705 g/mol. The van der Waals surface area contributed by atoms with Gasteiger partial charge in [-0.1, -0.05) is 36.0 Å². The second-order valence-electron chi connectivity index (χ2n) is 11.2. The van der Waals surface area contributed by atoms with Gasteiger partial charge in [0.15, 0.2) is 5.78 Å². The second-order valence-corrected chi connectivity index (χ2v) is 13.8. The molecule has 0 saturated heterocycles. The highest BCUT2D eigenvalue weighted by Crippen LogP contribution is 2.42. The number of ketones is 1. The van der Waals surface area contributed by atoms with Gasteiger partial charge in [0.25, 0.3) is 10.1 Å². The van der Waals surface area contributed by atoms with E-state index in [4.69, 9.17) is 16.6 Å². The SMILES string of the molecule is Cc1cc(N=Nc2ccc(Sc3ccc(NN=C4C=CC(=O)C(C(=O)O)=C4)cc3)cc2)c(N)c(N=Nc2ccc(S(=O)(=O)O)c3ccccc23)c1N. The summed E-state index contributed by atoms with van der Waals surface area (Å²) in [6.45, 7) is 1.77. The summed E-state index contributed by atoms with van der Waals surface area (Å²) in [5.74, 6) is -1.89. The molecule has 1 aliphatic rings. The van der Waals surface area contributed by atoms with Crippen LogP contribution < -0.4 is 16.9 Å². The molecule has 0 aliphatic heterocycles. The first-order valence-electron chi connectivity index (χ1n) is 15.3. The number of allylic oxidation sites excluding steroid dienone is 3. The number of hydrogen-bond acceptors (Lipinski definition) is 13. The van der Waals surface area contributed by atoms with Crippen molar-refractivity contribution in [2.45, 2.75) is 21.6 Å². The average molecular weight is 733 g/mol. The Morgan fingerprint density at radius 2 is 1.44 bits per heavy atom. The summed E-state index contributed by atoms with van der Waals surface area (Å²) < 4.78 is 33.4. The number of nitrogen functional groups attached to an aromatic ring is 2. The number of nitrogens with zero attached hydrogens (tertiary/aromatic N) is 5. The molecule has 0 fully saturated rings. The molecule has 14 nitrogen and oxygen atoms in total. The number of benzene rings is 5. The van der Waals surface area contributed by atoms with Crippen molar-refractivity contribution in [3.63, 3.8) is 0 Å². The molecule has 1 aliphatic carbocycles. The molecule has 0 unspecified atom stereocenters. The number of carboxylic acid groups (broad SMARTS) is 1. The minimum absolute atomic E-state index is 0.151. The van der Waals surface area contributed by atoms with E-state index in [0.29, 0.717) is 45.1 Å². The number of aliphatic carboxylic acids is 1. The van der Waals surface area contributed by atoms with Crippen molar-refractivity contribution in [1.82, 2.24) is 0 Å². The minimum Gasteiger partial charge on any atom is -0.478 e. The maximum absolute atomic E-state index is 11.9. The normalized spacial score (nSPS) is 14.1. The standard InChI is InChI=1S/C36H28N8O6S2/c1-20-18-30(34(38)35(33(20)37)44-42-29-15-17-32(52(48,49)50)27-5-3-2-4-26(27)29)43-40-22-8-13-25(14-9-22)51-24-11-6-21(7-12-24)39-41-23-10-16-31(45)28(19-23)36(46)47/h2-19,39H,37-38H2,1H3,(H,46,47)(H,48,49,50). The van der Waals surface area contributed by atoms with E-state index in [2.05, 4.69) is 31.0 Å². The number of aryl methyl sites for hydroxylation is 1. The number of fused-ring (bicyclic) bond motifs is 1. The van der Waals surface area contributed by atoms with Crippen molar-refractivity contribution >= 4 is 89.9 Å². The number of hydrogen-bond donors (Lipinski definition) is 5. The molecule has 260 valence electrons. The second kappa shape index (κ2) is 14.8. The Morgan fingerprint density at radius 3 is 2.12 bits per heavy atom. The highest BCUT2D eigenvalue weighted by atomic mass is 32.2. The molecule has 0 bridgehead atoms. The van der Waals surface area contributed by atoms with Crippen LogP contribution in [0.2, 0.25) is 0 Å².